The fourth-order valence-corrected chi connectivity index (χ4v) is 6.21. The Morgan fingerprint density at radius 2 is 1.14 bits per heavy atom. The fourth-order valence-electron chi connectivity index (χ4n) is 6.21. The molecule has 9 heteroatoms. The van der Waals surface area contributed by atoms with E-state index in [1.807, 2.05) is 6.08 Å². The van der Waals surface area contributed by atoms with Crippen LogP contribution in [0.25, 0.3) is 0 Å². The van der Waals surface area contributed by atoms with Gasteiger partial charge in [-0.2, -0.15) is 0 Å². The van der Waals surface area contributed by atoms with Crippen LogP contribution < -0.4 is 5.32 Å². The molecule has 9 nitrogen and oxygen atoms in total. The molecule has 1 rings (SSSR count). The first kappa shape index (κ1) is 45.7. The number of carbonyl (C=O) groups excluding carboxylic acids is 1. The van der Waals surface area contributed by atoms with Crippen molar-refractivity contribution in [1.82, 2.24) is 5.32 Å². The van der Waals surface area contributed by atoms with Crippen molar-refractivity contribution in [2.75, 3.05) is 13.2 Å². The van der Waals surface area contributed by atoms with E-state index in [9.17, 15) is 30.3 Å². The van der Waals surface area contributed by atoms with Gasteiger partial charge in [-0.25, -0.2) is 0 Å². The largest absolute Gasteiger partial charge is 0.394 e. The van der Waals surface area contributed by atoms with E-state index < -0.39 is 49.5 Å². The lowest BCUT2D eigenvalue weighted by Crippen LogP contribution is -2.60. The zero-order chi connectivity index (χ0) is 36.0. The molecule has 0 aromatic rings. The number of amides is 1. The number of aliphatic hydroxyl groups is 5. The molecule has 0 aliphatic carbocycles. The first-order valence-corrected chi connectivity index (χ1v) is 20.1. The van der Waals surface area contributed by atoms with Crippen molar-refractivity contribution < 1.29 is 39.8 Å². The number of allylic oxidation sites excluding steroid dienone is 3. The third-order valence-corrected chi connectivity index (χ3v) is 9.52. The molecule has 1 saturated heterocycles. The van der Waals surface area contributed by atoms with Crippen molar-refractivity contribution in [3.8, 4) is 0 Å². The molecular weight excluding hydrogens is 622 g/mol. The van der Waals surface area contributed by atoms with Crippen LogP contribution in [0.4, 0.5) is 0 Å². The second-order valence-electron chi connectivity index (χ2n) is 14.1. The van der Waals surface area contributed by atoms with Crippen LogP contribution in [0.5, 0.6) is 0 Å². The molecule has 7 unspecified atom stereocenters. The molecule has 0 spiro atoms. The zero-order valence-electron chi connectivity index (χ0n) is 31.2. The molecule has 49 heavy (non-hydrogen) atoms. The summed E-state index contributed by atoms with van der Waals surface area (Å²) in [5.41, 5.74) is 0. The summed E-state index contributed by atoms with van der Waals surface area (Å²) in [6.45, 7) is 3.72. The zero-order valence-corrected chi connectivity index (χ0v) is 31.2. The Bertz CT molecular complexity index is 822. The van der Waals surface area contributed by atoms with Gasteiger partial charge in [-0.05, 0) is 44.9 Å². The molecule has 0 saturated carbocycles. The van der Waals surface area contributed by atoms with E-state index >= 15 is 0 Å². The normalized spacial score (nSPS) is 22.6. The van der Waals surface area contributed by atoms with Gasteiger partial charge in [0.15, 0.2) is 6.29 Å². The molecule has 0 aromatic carbocycles. The first-order valence-electron chi connectivity index (χ1n) is 20.1. The first-order chi connectivity index (χ1) is 23.8. The van der Waals surface area contributed by atoms with Crippen LogP contribution in [0.2, 0.25) is 0 Å². The van der Waals surface area contributed by atoms with Gasteiger partial charge < -0.3 is 40.3 Å². The molecule has 6 N–H and O–H groups in total. The third-order valence-electron chi connectivity index (χ3n) is 9.52. The van der Waals surface area contributed by atoms with Crippen LogP contribution in [0.15, 0.2) is 24.3 Å². The third kappa shape index (κ3) is 23.0. The minimum absolute atomic E-state index is 0.189. The topological polar surface area (TPSA) is 149 Å². The average molecular weight is 698 g/mol. The molecule has 1 fully saturated rings. The maximum absolute atomic E-state index is 12.9. The summed E-state index contributed by atoms with van der Waals surface area (Å²) in [6, 6.07) is -0.803. The summed E-state index contributed by atoms with van der Waals surface area (Å²) >= 11 is 0. The highest BCUT2D eigenvalue weighted by Crippen LogP contribution is 2.22. The van der Waals surface area contributed by atoms with Crippen LogP contribution in [0.3, 0.4) is 0 Å². The number of aliphatic hydroxyl groups excluding tert-OH is 5. The van der Waals surface area contributed by atoms with E-state index in [2.05, 4.69) is 31.3 Å². The van der Waals surface area contributed by atoms with Gasteiger partial charge in [0.05, 0.1) is 25.4 Å². The number of hydrogen-bond donors (Lipinski definition) is 6. The Balaban J connectivity index is 2.41. The number of carbonyl (C=O) groups is 1. The Labute approximate surface area is 298 Å². The number of ether oxygens (including phenoxy) is 2. The fraction of sp³-hybridized carbons (Fsp3) is 0.875. The number of nitrogens with one attached hydrogen (secondary N) is 1. The smallest absolute Gasteiger partial charge is 0.220 e. The molecule has 0 bridgehead atoms. The average Bonchev–Trinajstić information content (AvgIpc) is 3.10. The van der Waals surface area contributed by atoms with Crippen LogP contribution in [-0.4, -0.2) is 87.5 Å². The van der Waals surface area contributed by atoms with Crippen LogP contribution in [0, 0.1) is 0 Å². The minimum Gasteiger partial charge on any atom is -0.394 e. The standard InChI is InChI=1S/C40H75NO8/c1-3-5-7-9-11-13-15-16-17-18-19-20-22-24-26-28-30-36(44)41-33(32-48-40-39(47)38(46)37(45)35(31-42)49-40)34(43)29-27-25-23-21-14-12-10-8-6-4-2/h17-18,27,29,33-35,37-40,42-43,45-47H,3-16,19-26,28,30-32H2,1-2H3,(H,41,44)/b18-17-,29-27+. The van der Waals surface area contributed by atoms with E-state index in [0.29, 0.717) is 6.42 Å². The summed E-state index contributed by atoms with van der Waals surface area (Å²) in [4.78, 5) is 12.9. The highest BCUT2D eigenvalue weighted by molar-refractivity contribution is 5.76. The lowest BCUT2D eigenvalue weighted by Gasteiger charge is -2.40. The van der Waals surface area contributed by atoms with Gasteiger partial charge in [-0.15, -0.1) is 0 Å². The van der Waals surface area contributed by atoms with Crippen LogP contribution >= 0.6 is 0 Å². The summed E-state index contributed by atoms with van der Waals surface area (Å²) in [7, 11) is 0. The van der Waals surface area contributed by atoms with Crippen molar-refractivity contribution in [1.29, 1.82) is 0 Å². The summed E-state index contributed by atoms with van der Waals surface area (Å²) < 4.78 is 11.1. The lowest BCUT2D eigenvalue weighted by molar-refractivity contribution is -0.302. The monoisotopic (exact) mass is 698 g/mol. The van der Waals surface area contributed by atoms with Gasteiger partial charge in [0.25, 0.3) is 0 Å². The predicted octanol–water partition coefficient (Wildman–Crippen LogP) is 7.16. The van der Waals surface area contributed by atoms with Gasteiger partial charge in [0, 0.05) is 6.42 Å². The van der Waals surface area contributed by atoms with Gasteiger partial charge in [0.1, 0.15) is 24.4 Å². The molecular formula is C40H75NO8. The maximum atomic E-state index is 12.9. The van der Waals surface area contributed by atoms with Gasteiger partial charge in [-0.3, -0.25) is 4.79 Å². The second kappa shape index (κ2) is 31.4. The van der Waals surface area contributed by atoms with Crippen molar-refractivity contribution in [3.63, 3.8) is 0 Å². The van der Waals surface area contributed by atoms with Gasteiger partial charge >= 0.3 is 0 Å². The number of hydrogen-bond acceptors (Lipinski definition) is 8. The lowest BCUT2D eigenvalue weighted by atomic mass is 9.99. The predicted molar refractivity (Wildman–Crippen MR) is 198 cm³/mol. The second-order valence-corrected chi connectivity index (χ2v) is 14.1. The van der Waals surface area contributed by atoms with Crippen molar-refractivity contribution in [2.24, 2.45) is 0 Å². The van der Waals surface area contributed by atoms with E-state index in [1.54, 1.807) is 6.08 Å². The molecule has 288 valence electrons. The van der Waals surface area contributed by atoms with E-state index in [1.165, 1.54) is 89.9 Å². The molecule has 0 radical (unpaired) electrons. The van der Waals surface area contributed by atoms with Crippen molar-refractivity contribution in [2.45, 2.75) is 211 Å². The van der Waals surface area contributed by atoms with Crippen molar-refractivity contribution >= 4 is 5.91 Å². The molecule has 1 aliphatic heterocycles. The van der Waals surface area contributed by atoms with E-state index in [-0.39, 0.29) is 12.5 Å². The Kier molecular flexibility index (Phi) is 29.3. The number of rotatable bonds is 32. The molecule has 1 aliphatic rings. The van der Waals surface area contributed by atoms with Crippen LogP contribution in [-0.2, 0) is 14.3 Å². The molecule has 1 amide bonds. The Morgan fingerprint density at radius 1 is 0.673 bits per heavy atom. The van der Waals surface area contributed by atoms with Gasteiger partial charge in [0.2, 0.25) is 5.91 Å². The van der Waals surface area contributed by atoms with Crippen molar-refractivity contribution in [3.05, 3.63) is 24.3 Å². The SMILES string of the molecule is CCCCCCCCC/C=C\CCCCCCCC(=O)NC(COC1OC(CO)C(O)C(O)C1O)C(O)/C=C/CCCCCCCCCC. The Hall–Kier alpha value is -1.33. The van der Waals surface area contributed by atoms with Gasteiger partial charge in [-0.1, -0.05) is 141 Å². The number of unbranched alkanes of at least 4 members (excludes halogenated alkanes) is 20. The van der Waals surface area contributed by atoms with E-state index in [4.69, 9.17) is 9.47 Å². The Morgan fingerprint density at radius 3 is 1.65 bits per heavy atom. The molecule has 7 atom stereocenters. The van der Waals surface area contributed by atoms with E-state index in [0.717, 1.165) is 57.8 Å². The maximum Gasteiger partial charge on any atom is 0.220 e. The van der Waals surface area contributed by atoms with Crippen LogP contribution in [0.1, 0.15) is 168 Å². The summed E-state index contributed by atoms with van der Waals surface area (Å²) in [5.74, 6) is -0.189. The minimum atomic E-state index is -1.56. The highest BCUT2D eigenvalue weighted by Gasteiger charge is 2.44. The molecule has 0 aromatic heterocycles. The molecule has 1 heterocycles. The summed E-state index contributed by atoms with van der Waals surface area (Å²) in [6.07, 6.45) is 27.9. The summed E-state index contributed by atoms with van der Waals surface area (Å²) in [5, 5.41) is 53.9. The quantitative estimate of drug-likeness (QED) is 0.0320. The highest BCUT2D eigenvalue weighted by atomic mass is 16.7.